The van der Waals surface area contributed by atoms with Crippen LogP contribution in [0.4, 0.5) is 13.2 Å². The third kappa shape index (κ3) is 2.73. The molecule has 3 fully saturated rings. The number of rotatable bonds is 5. The largest absolute Gasteiger partial charge is 0.406 e. The van der Waals surface area contributed by atoms with Gasteiger partial charge in [-0.15, -0.1) is 0 Å². The van der Waals surface area contributed by atoms with E-state index in [0.29, 0.717) is 13.0 Å². The Morgan fingerprint density at radius 3 is 2.68 bits per heavy atom. The summed E-state index contributed by atoms with van der Waals surface area (Å²) in [7, 11) is 0. The molecule has 0 bridgehead atoms. The van der Waals surface area contributed by atoms with Gasteiger partial charge in [-0.1, -0.05) is 6.42 Å². The maximum atomic E-state index is 12.4. The summed E-state index contributed by atoms with van der Waals surface area (Å²) in [6.07, 6.45) is 0.575. The van der Waals surface area contributed by atoms with Crippen molar-refractivity contribution in [1.29, 1.82) is 0 Å². The van der Waals surface area contributed by atoms with E-state index >= 15 is 0 Å². The molecule has 1 saturated heterocycles. The van der Waals surface area contributed by atoms with Gasteiger partial charge in [0.25, 0.3) is 0 Å². The molecular formula is C15H23F3N2O2. The summed E-state index contributed by atoms with van der Waals surface area (Å²) in [5.41, 5.74) is 0.119. The van der Waals surface area contributed by atoms with Gasteiger partial charge in [0.15, 0.2) is 0 Å². The van der Waals surface area contributed by atoms with Crippen LogP contribution in [0.3, 0.4) is 0 Å². The molecule has 0 aromatic carbocycles. The molecule has 22 heavy (non-hydrogen) atoms. The number of nitrogens with one attached hydrogen (secondary N) is 1. The first-order valence-corrected chi connectivity index (χ1v) is 8.09. The molecule has 0 unspecified atom stereocenters. The first-order chi connectivity index (χ1) is 10.4. The highest BCUT2D eigenvalue weighted by atomic mass is 19.4. The van der Waals surface area contributed by atoms with Gasteiger partial charge in [0.1, 0.15) is 6.54 Å². The molecule has 7 heteroatoms. The van der Waals surface area contributed by atoms with Crippen molar-refractivity contribution in [2.75, 3.05) is 19.7 Å². The number of hydrogen-bond donors (Lipinski definition) is 1. The second-order valence-corrected chi connectivity index (χ2v) is 6.70. The number of carbonyl (C=O) groups excluding carboxylic acids is 1. The van der Waals surface area contributed by atoms with E-state index in [-0.39, 0.29) is 24.1 Å². The molecule has 126 valence electrons. The summed E-state index contributed by atoms with van der Waals surface area (Å²) >= 11 is 0. The summed E-state index contributed by atoms with van der Waals surface area (Å²) in [4.78, 5) is 13.0. The monoisotopic (exact) mass is 320 g/mol. The Balaban J connectivity index is 1.55. The van der Waals surface area contributed by atoms with Gasteiger partial charge in [-0.2, -0.15) is 13.2 Å². The molecule has 0 aromatic rings. The number of likely N-dealkylation sites (tertiary alicyclic amines) is 1. The van der Waals surface area contributed by atoms with Crippen LogP contribution in [0.1, 0.15) is 39.0 Å². The van der Waals surface area contributed by atoms with Crippen LogP contribution in [-0.4, -0.2) is 54.9 Å². The van der Waals surface area contributed by atoms with Crippen LogP contribution >= 0.6 is 0 Å². The Morgan fingerprint density at radius 2 is 2.14 bits per heavy atom. The smallest absolute Gasteiger partial charge is 0.378 e. The van der Waals surface area contributed by atoms with Crippen molar-refractivity contribution in [2.24, 2.45) is 5.41 Å². The summed E-state index contributed by atoms with van der Waals surface area (Å²) in [6.45, 7) is 1.70. The lowest BCUT2D eigenvalue weighted by atomic mass is 9.51. The lowest BCUT2D eigenvalue weighted by Gasteiger charge is -2.61. The molecule has 3 atom stereocenters. The van der Waals surface area contributed by atoms with E-state index in [2.05, 4.69) is 5.32 Å². The van der Waals surface area contributed by atoms with Gasteiger partial charge in [0.05, 0.1) is 12.1 Å². The summed E-state index contributed by atoms with van der Waals surface area (Å²) < 4.78 is 43.1. The Hall–Kier alpha value is -0.820. The first-order valence-electron chi connectivity index (χ1n) is 8.09. The Labute approximate surface area is 128 Å². The van der Waals surface area contributed by atoms with E-state index in [1.807, 2.05) is 6.92 Å². The van der Waals surface area contributed by atoms with E-state index in [4.69, 9.17) is 4.74 Å². The second kappa shape index (κ2) is 5.67. The molecule has 1 amide bonds. The SMILES string of the molecule is CCO[C@@H]1C[C@@H](N[C@H]2CCN(CC(F)(F)F)C2=O)C12CCC2. The minimum atomic E-state index is -4.32. The van der Waals surface area contributed by atoms with Crippen LogP contribution < -0.4 is 5.32 Å². The summed E-state index contributed by atoms with van der Waals surface area (Å²) in [5.74, 6) is -0.411. The summed E-state index contributed by atoms with van der Waals surface area (Å²) in [6, 6.07) is -0.259. The predicted molar refractivity (Wildman–Crippen MR) is 74.3 cm³/mol. The average molecular weight is 320 g/mol. The van der Waals surface area contributed by atoms with Crippen LogP contribution in [0.2, 0.25) is 0 Å². The molecule has 1 spiro atoms. The van der Waals surface area contributed by atoms with Gasteiger partial charge in [-0.05, 0) is 32.6 Å². The Kier molecular flexibility index (Phi) is 4.14. The molecule has 4 nitrogen and oxygen atoms in total. The summed E-state index contributed by atoms with van der Waals surface area (Å²) in [5, 5.41) is 3.32. The van der Waals surface area contributed by atoms with E-state index in [1.165, 1.54) is 6.42 Å². The van der Waals surface area contributed by atoms with Crippen molar-refractivity contribution in [1.82, 2.24) is 10.2 Å². The second-order valence-electron chi connectivity index (χ2n) is 6.70. The van der Waals surface area contributed by atoms with E-state index in [1.54, 1.807) is 0 Å². The predicted octanol–water partition coefficient (Wildman–Crippen LogP) is 2.09. The van der Waals surface area contributed by atoms with Crippen molar-refractivity contribution in [2.45, 2.75) is 63.4 Å². The fraction of sp³-hybridized carbons (Fsp3) is 0.933. The molecule has 2 aliphatic carbocycles. The highest BCUT2D eigenvalue weighted by Crippen LogP contribution is 2.57. The van der Waals surface area contributed by atoms with E-state index < -0.39 is 24.7 Å². The molecular weight excluding hydrogens is 297 g/mol. The lowest BCUT2D eigenvalue weighted by Crippen LogP contribution is -2.68. The molecule has 3 aliphatic rings. The standard InChI is InChI=1S/C15H23F3N2O2/c1-2-22-12-8-11(14(12)5-3-6-14)19-10-4-7-20(13(10)21)9-15(16,17)18/h10-12,19H,2-9H2,1H3/t10-,11+,12+/m0/s1. The molecule has 1 heterocycles. The number of hydrogen-bond acceptors (Lipinski definition) is 3. The van der Waals surface area contributed by atoms with Crippen LogP contribution in [0.25, 0.3) is 0 Å². The number of ether oxygens (including phenoxy) is 1. The maximum absolute atomic E-state index is 12.4. The van der Waals surface area contributed by atoms with Crippen LogP contribution in [-0.2, 0) is 9.53 Å². The van der Waals surface area contributed by atoms with Gasteiger partial charge in [0.2, 0.25) is 5.91 Å². The fourth-order valence-corrected chi connectivity index (χ4v) is 4.18. The number of alkyl halides is 3. The Morgan fingerprint density at radius 1 is 1.41 bits per heavy atom. The van der Waals surface area contributed by atoms with Gasteiger partial charge < -0.3 is 15.0 Å². The average Bonchev–Trinajstić information content (AvgIpc) is 2.66. The molecule has 2 saturated carbocycles. The zero-order valence-electron chi connectivity index (χ0n) is 12.8. The highest BCUT2D eigenvalue weighted by Gasteiger charge is 2.59. The normalized spacial score (nSPS) is 33.9. The quantitative estimate of drug-likeness (QED) is 0.843. The third-order valence-electron chi connectivity index (χ3n) is 5.51. The minimum Gasteiger partial charge on any atom is -0.378 e. The topological polar surface area (TPSA) is 41.6 Å². The minimum absolute atomic E-state index is 0.119. The van der Waals surface area contributed by atoms with Crippen LogP contribution in [0.5, 0.6) is 0 Å². The zero-order chi connectivity index (χ0) is 16.0. The lowest BCUT2D eigenvalue weighted by molar-refractivity contribution is -0.176. The van der Waals surface area contributed by atoms with Gasteiger partial charge >= 0.3 is 6.18 Å². The van der Waals surface area contributed by atoms with Crippen LogP contribution in [0, 0.1) is 5.41 Å². The van der Waals surface area contributed by atoms with Gasteiger partial charge in [0, 0.05) is 24.6 Å². The number of nitrogens with zero attached hydrogens (tertiary/aromatic N) is 1. The molecule has 1 aliphatic heterocycles. The fourth-order valence-electron chi connectivity index (χ4n) is 4.18. The van der Waals surface area contributed by atoms with Gasteiger partial charge in [-0.3, -0.25) is 4.79 Å². The van der Waals surface area contributed by atoms with E-state index in [0.717, 1.165) is 24.2 Å². The first kappa shape index (κ1) is 16.1. The van der Waals surface area contributed by atoms with Crippen molar-refractivity contribution in [3.05, 3.63) is 0 Å². The molecule has 0 radical (unpaired) electrons. The number of carbonyl (C=O) groups is 1. The Bertz CT molecular complexity index is 437. The number of halogens is 3. The third-order valence-corrected chi connectivity index (χ3v) is 5.51. The van der Waals surface area contributed by atoms with Crippen LogP contribution in [0.15, 0.2) is 0 Å². The number of amides is 1. The van der Waals surface area contributed by atoms with E-state index in [9.17, 15) is 18.0 Å². The molecule has 0 aromatic heterocycles. The van der Waals surface area contributed by atoms with Crippen molar-refractivity contribution >= 4 is 5.91 Å². The van der Waals surface area contributed by atoms with Crippen molar-refractivity contribution in [3.8, 4) is 0 Å². The van der Waals surface area contributed by atoms with Crippen molar-refractivity contribution in [3.63, 3.8) is 0 Å². The van der Waals surface area contributed by atoms with Gasteiger partial charge in [-0.25, -0.2) is 0 Å². The zero-order valence-corrected chi connectivity index (χ0v) is 12.8. The highest BCUT2D eigenvalue weighted by molar-refractivity contribution is 5.84. The molecule has 1 N–H and O–H groups in total. The maximum Gasteiger partial charge on any atom is 0.406 e. The molecule has 3 rings (SSSR count). The van der Waals surface area contributed by atoms with Crippen molar-refractivity contribution < 1.29 is 22.7 Å².